The molecule has 1 saturated heterocycles. The zero-order valence-corrected chi connectivity index (χ0v) is 24.4. The maximum atomic E-state index is 14.8. The van der Waals surface area contributed by atoms with Crippen LogP contribution in [-0.4, -0.2) is 81.4 Å². The van der Waals surface area contributed by atoms with Crippen molar-refractivity contribution in [3.63, 3.8) is 0 Å². The fraction of sp³-hybridized carbons (Fsp3) is 0.645. The highest BCUT2D eigenvalue weighted by Gasteiger charge is 2.77. The lowest BCUT2D eigenvalue weighted by atomic mass is 9.44. The zero-order chi connectivity index (χ0) is 30.1. The van der Waals surface area contributed by atoms with E-state index in [0.717, 1.165) is 5.56 Å². The molecule has 2 saturated carbocycles. The number of ketones is 1. The molecule has 10 nitrogen and oxygen atoms in total. The first-order valence-corrected chi connectivity index (χ1v) is 14.1. The Balaban J connectivity index is 1.81. The number of fused-ring (bicyclic) bond motifs is 5. The summed E-state index contributed by atoms with van der Waals surface area (Å²) in [7, 11) is 0. The maximum absolute atomic E-state index is 14.8. The summed E-state index contributed by atoms with van der Waals surface area (Å²) in [4.78, 5) is 39.8. The van der Waals surface area contributed by atoms with Crippen LogP contribution in [0.1, 0.15) is 59.9 Å². The van der Waals surface area contributed by atoms with E-state index in [-0.39, 0.29) is 31.6 Å². The van der Waals surface area contributed by atoms with Crippen molar-refractivity contribution in [2.24, 2.45) is 16.7 Å². The van der Waals surface area contributed by atoms with Gasteiger partial charge in [-0.3, -0.25) is 14.4 Å². The van der Waals surface area contributed by atoms with Crippen molar-refractivity contribution in [2.75, 3.05) is 6.61 Å². The Morgan fingerprint density at radius 2 is 1.73 bits per heavy atom. The third-order valence-electron chi connectivity index (χ3n) is 10.2. The number of carbonyl (C=O) groups excluding carboxylic acids is 3. The van der Waals surface area contributed by atoms with Crippen LogP contribution in [0.25, 0.3) is 0 Å². The highest BCUT2D eigenvalue weighted by atomic mass is 16.6. The van der Waals surface area contributed by atoms with Crippen LogP contribution in [-0.2, 0) is 39.9 Å². The first-order chi connectivity index (χ1) is 19.1. The number of carbonyl (C=O) groups is 3. The van der Waals surface area contributed by atoms with Gasteiger partial charge in [-0.25, -0.2) is 0 Å². The van der Waals surface area contributed by atoms with E-state index in [4.69, 9.17) is 18.9 Å². The van der Waals surface area contributed by atoms with Crippen LogP contribution in [0.2, 0.25) is 0 Å². The number of Topliss-reactive ketones (excluding diaryl/α,β-unsaturated/α-hetero) is 1. The second-order valence-electron chi connectivity index (χ2n) is 12.8. The molecule has 2 bridgehead atoms. The van der Waals surface area contributed by atoms with Crippen LogP contribution in [0, 0.1) is 16.7 Å². The summed E-state index contributed by atoms with van der Waals surface area (Å²) in [6, 6.07) is 9.28. The quantitative estimate of drug-likeness (QED) is 0.353. The lowest BCUT2D eigenvalue weighted by molar-refractivity contribution is -0.351. The molecule has 1 heterocycles. The number of ether oxygens (including phenoxy) is 4. The van der Waals surface area contributed by atoms with Crippen molar-refractivity contribution in [1.82, 2.24) is 0 Å². The molecule has 1 aromatic carbocycles. The van der Waals surface area contributed by atoms with E-state index in [1.54, 1.807) is 27.7 Å². The van der Waals surface area contributed by atoms with Gasteiger partial charge in [0.2, 0.25) is 0 Å². The number of hydrogen-bond acceptors (Lipinski definition) is 10. The van der Waals surface area contributed by atoms with E-state index in [0.29, 0.717) is 5.57 Å². The molecular weight excluding hydrogens is 532 g/mol. The lowest BCUT2D eigenvalue weighted by Crippen LogP contribution is -2.81. The summed E-state index contributed by atoms with van der Waals surface area (Å²) < 4.78 is 24.1. The minimum absolute atomic E-state index is 0.0211. The van der Waals surface area contributed by atoms with Gasteiger partial charge in [0, 0.05) is 38.0 Å². The first kappa shape index (κ1) is 29.8. The van der Waals surface area contributed by atoms with Crippen molar-refractivity contribution in [2.45, 2.75) is 103 Å². The molecule has 41 heavy (non-hydrogen) atoms. The monoisotopic (exact) mass is 572 g/mol. The molecule has 224 valence electrons. The Labute approximate surface area is 239 Å². The third-order valence-corrected chi connectivity index (χ3v) is 10.2. The summed E-state index contributed by atoms with van der Waals surface area (Å²) in [6.45, 7) is 9.06. The number of aliphatic hydroxyl groups excluding tert-OH is 2. The van der Waals surface area contributed by atoms with Crippen LogP contribution in [0.15, 0.2) is 41.5 Å². The van der Waals surface area contributed by atoms with Gasteiger partial charge in [0.05, 0.1) is 36.9 Å². The number of hydrogen-bond donors (Lipinski definition) is 3. The largest absolute Gasteiger partial charge is 0.454 e. The molecule has 3 fully saturated rings. The van der Waals surface area contributed by atoms with Crippen LogP contribution in [0.3, 0.4) is 0 Å². The molecule has 0 amide bonds. The molecule has 5 rings (SSSR count). The second kappa shape index (κ2) is 9.98. The lowest BCUT2D eigenvalue weighted by Gasteiger charge is -2.67. The fourth-order valence-electron chi connectivity index (χ4n) is 7.98. The summed E-state index contributed by atoms with van der Waals surface area (Å²) in [6.07, 6.45) is -6.19. The van der Waals surface area contributed by atoms with Gasteiger partial charge in [0.1, 0.15) is 11.7 Å². The Hall–Kier alpha value is -2.63. The Morgan fingerprint density at radius 3 is 2.29 bits per heavy atom. The predicted molar refractivity (Wildman–Crippen MR) is 144 cm³/mol. The molecule has 0 aromatic heterocycles. The van der Waals surface area contributed by atoms with Gasteiger partial charge in [-0.05, 0) is 30.6 Å². The standard InChI is InChI=1S/C31H40O10/c1-16-20(34)13-31(37)27(38-14-19-10-8-7-9-11-19)25-29(6,21(35)12-22-30(25,15-39-22)41-18(3)33)26(36)24(40-17(2)32)23(16)28(31,4)5/h7-11,20-22,24-25,27,34-35,37H,12-15H2,1-6H3. The molecule has 4 aliphatic rings. The van der Waals surface area contributed by atoms with Crippen molar-refractivity contribution in [3.8, 4) is 0 Å². The molecule has 0 spiro atoms. The van der Waals surface area contributed by atoms with Gasteiger partial charge in [0.25, 0.3) is 0 Å². The first-order valence-electron chi connectivity index (χ1n) is 14.1. The number of benzene rings is 1. The topological polar surface area (TPSA) is 149 Å². The summed E-state index contributed by atoms with van der Waals surface area (Å²) in [5, 5.41) is 35.9. The van der Waals surface area contributed by atoms with Crippen molar-refractivity contribution in [1.29, 1.82) is 0 Å². The average molecular weight is 573 g/mol. The van der Waals surface area contributed by atoms with Crippen LogP contribution in [0.5, 0.6) is 0 Å². The molecule has 9 atom stereocenters. The number of esters is 2. The minimum Gasteiger partial charge on any atom is -0.454 e. The number of aliphatic hydroxyl groups is 3. The molecule has 1 aliphatic heterocycles. The van der Waals surface area contributed by atoms with E-state index in [1.807, 2.05) is 30.3 Å². The van der Waals surface area contributed by atoms with Crippen LogP contribution in [0.4, 0.5) is 0 Å². The SMILES string of the molecule is CC(=O)OC1C(=O)C2(C)C(O)CC3OCC3(OC(C)=O)C2C(OCc2ccccc2)C2(O)CC(O)C(C)=C1C2(C)C. The van der Waals surface area contributed by atoms with Crippen molar-refractivity contribution >= 4 is 17.7 Å². The highest BCUT2D eigenvalue weighted by molar-refractivity contribution is 5.95. The Kier molecular flexibility index (Phi) is 7.27. The van der Waals surface area contributed by atoms with Gasteiger partial charge in [-0.2, -0.15) is 0 Å². The van der Waals surface area contributed by atoms with Crippen molar-refractivity contribution in [3.05, 3.63) is 47.0 Å². The van der Waals surface area contributed by atoms with Crippen LogP contribution < -0.4 is 0 Å². The Bertz CT molecular complexity index is 1270. The highest BCUT2D eigenvalue weighted by Crippen LogP contribution is 2.64. The van der Waals surface area contributed by atoms with E-state index < -0.39 is 76.2 Å². The molecule has 10 heteroatoms. The summed E-state index contributed by atoms with van der Waals surface area (Å²) in [5.74, 6) is -3.09. The van der Waals surface area contributed by atoms with E-state index in [2.05, 4.69) is 0 Å². The zero-order valence-electron chi connectivity index (χ0n) is 24.4. The third kappa shape index (κ3) is 4.21. The van der Waals surface area contributed by atoms with Gasteiger partial charge < -0.3 is 34.3 Å². The smallest absolute Gasteiger partial charge is 0.303 e. The average Bonchev–Trinajstić information content (AvgIpc) is 2.88. The number of rotatable bonds is 5. The molecular formula is C31H40O10. The van der Waals surface area contributed by atoms with Gasteiger partial charge >= 0.3 is 11.9 Å². The normalized spacial score (nSPS) is 41.2. The molecule has 9 unspecified atom stereocenters. The van der Waals surface area contributed by atoms with Crippen LogP contribution >= 0.6 is 0 Å². The van der Waals surface area contributed by atoms with Gasteiger partial charge in [-0.1, -0.05) is 44.2 Å². The van der Waals surface area contributed by atoms with Crippen molar-refractivity contribution < 1.29 is 48.7 Å². The summed E-state index contributed by atoms with van der Waals surface area (Å²) >= 11 is 0. The van der Waals surface area contributed by atoms with E-state index in [9.17, 15) is 29.7 Å². The molecule has 3 N–H and O–H groups in total. The van der Waals surface area contributed by atoms with Gasteiger partial charge in [0.15, 0.2) is 17.5 Å². The predicted octanol–water partition coefficient (Wildman–Crippen LogP) is 2.01. The molecule has 0 radical (unpaired) electrons. The second-order valence-corrected chi connectivity index (χ2v) is 12.8. The van der Waals surface area contributed by atoms with E-state index >= 15 is 0 Å². The van der Waals surface area contributed by atoms with Gasteiger partial charge in [-0.15, -0.1) is 0 Å². The fourth-order valence-corrected chi connectivity index (χ4v) is 7.98. The Morgan fingerprint density at radius 1 is 1.07 bits per heavy atom. The molecule has 1 aromatic rings. The maximum Gasteiger partial charge on any atom is 0.303 e. The van der Waals surface area contributed by atoms with E-state index in [1.165, 1.54) is 13.8 Å². The molecule has 3 aliphatic carbocycles. The minimum atomic E-state index is -1.87. The summed E-state index contributed by atoms with van der Waals surface area (Å²) in [5.41, 5.74) is -4.80.